The summed E-state index contributed by atoms with van der Waals surface area (Å²) in [5.74, 6) is 1.46. The second kappa shape index (κ2) is 1.85. The molecule has 1 saturated carbocycles. The zero-order valence-electron chi connectivity index (χ0n) is 6.83. The highest BCUT2D eigenvalue weighted by Crippen LogP contribution is 2.56. The summed E-state index contributed by atoms with van der Waals surface area (Å²) < 4.78 is 0. The normalized spacial score (nSPS) is 33.7. The molecule has 1 aromatic rings. The minimum atomic E-state index is 0.234. The van der Waals surface area contributed by atoms with Crippen molar-refractivity contribution in [1.29, 1.82) is 0 Å². The molecule has 1 fully saturated rings. The molecule has 3 N–H and O–H groups in total. The minimum Gasteiger partial charge on any atom is -0.348 e. The van der Waals surface area contributed by atoms with E-state index in [4.69, 9.17) is 5.73 Å². The fourth-order valence-electron chi connectivity index (χ4n) is 1.65. The second-order valence-electron chi connectivity index (χ2n) is 3.80. The molecule has 3 heteroatoms. The summed E-state index contributed by atoms with van der Waals surface area (Å²) in [4.78, 5) is 7.28. The molecule has 0 radical (unpaired) electrons. The van der Waals surface area contributed by atoms with E-state index in [1.807, 2.05) is 6.20 Å². The Morgan fingerprint density at radius 2 is 2.27 bits per heavy atom. The predicted molar refractivity (Wildman–Crippen MR) is 43.1 cm³/mol. The summed E-state index contributed by atoms with van der Waals surface area (Å²) in [6.45, 7) is 4.34. The van der Waals surface area contributed by atoms with Gasteiger partial charge in [-0.1, -0.05) is 13.8 Å². The highest BCUT2D eigenvalue weighted by Gasteiger charge is 2.57. The van der Waals surface area contributed by atoms with Gasteiger partial charge >= 0.3 is 0 Å². The SMILES string of the molecule is CC1(C)C(N)C1c1ncc[nH]1. The van der Waals surface area contributed by atoms with Crippen molar-refractivity contribution >= 4 is 0 Å². The van der Waals surface area contributed by atoms with Crippen LogP contribution in [0.3, 0.4) is 0 Å². The number of nitrogens with two attached hydrogens (primary N) is 1. The van der Waals surface area contributed by atoms with E-state index < -0.39 is 0 Å². The fourth-order valence-corrected chi connectivity index (χ4v) is 1.65. The lowest BCUT2D eigenvalue weighted by molar-refractivity contribution is 0.592. The van der Waals surface area contributed by atoms with Gasteiger partial charge in [0, 0.05) is 24.4 Å². The quantitative estimate of drug-likeness (QED) is 0.625. The number of nitrogens with zero attached hydrogens (tertiary/aromatic N) is 1. The molecule has 1 aromatic heterocycles. The van der Waals surface area contributed by atoms with Crippen molar-refractivity contribution in [2.75, 3.05) is 0 Å². The van der Waals surface area contributed by atoms with Gasteiger partial charge in [-0.2, -0.15) is 0 Å². The Kier molecular flexibility index (Phi) is 1.16. The Morgan fingerprint density at radius 3 is 2.64 bits per heavy atom. The first-order valence-electron chi connectivity index (χ1n) is 3.89. The lowest BCUT2D eigenvalue weighted by Gasteiger charge is -1.97. The van der Waals surface area contributed by atoms with Gasteiger partial charge < -0.3 is 10.7 Å². The molecule has 0 saturated heterocycles. The number of imidazole rings is 1. The van der Waals surface area contributed by atoms with Gasteiger partial charge in [0.2, 0.25) is 0 Å². The van der Waals surface area contributed by atoms with Gasteiger partial charge in [-0.3, -0.25) is 0 Å². The van der Waals surface area contributed by atoms with E-state index in [0.717, 1.165) is 5.82 Å². The van der Waals surface area contributed by atoms with Crippen LogP contribution < -0.4 is 5.73 Å². The molecular weight excluding hydrogens is 138 g/mol. The molecule has 2 unspecified atom stereocenters. The third-order valence-corrected chi connectivity index (χ3v) is 2.72. The molecule has 3 nitrogen and oxygen atoms in total. The molecule has 0 bridgehead atoms. The molecule has 1 aliphatic carbocycles. The van der Waals surface area contributed by atoms with E-state index in [1.54, 1.807) is 6.20 Å². The Labute approximate surface area is 66.0 Å². The lowest BCUT2D eigenvalue weighted by atomic mass is 10.1. The largest absolute Gasteiger partial charge is 0.348 e. The molecule has 0 spiro atoms. The van der Waals surface area contributed by atoms with Crippen molar-refractivity contribution in [3.05, 3.63) is 18.2 Å². The van der Waals surface area contributed by atoms with Gasteiger partial charge in [0.1, 0.15) is 5.82 Å². The summed E-state index contributed by atoms with van der Waals surface area (Å²) in [6.07, 6.45) is 3.62. The highest BCUT2D eigenvalue weighted by molar-refractivity contribution is 5.24. The zero-order valence-corrected chi connectivity index (χ0v) is 6.83. The van der Waals surface area contributed by atoms with Crippen LogP contribution in [0.2, 0.25) is 0 Å². The van der Waals surface area contributed by atoms with Crippen molar-refractivity contribution < 1.29 is 0 Å². The smallest absolute Gasteiger partial charge is 0.111 e. The monoisotopic (exact) mass is 151 g/mol. The average Bonchev–Trinajstić information content (AvgIpc) is 2.40. The molecule has 60 valence electrons. The predicted octanol–water partition coefficient (Wildman–Crippen LogP) is 0.860. The van der Waals surface area contributed by atoms with Gasteiger partial charge in [0.05, 0.1) is 0 Å². The first kappa shape index (κ1) is 6.85. The topological polar surface area (TPSA) is 54.7 Å². The number of nitrogens with one attached hydrogen (secondary N) is 1. The number of rotatable bonds is 1. The first-order valence-corrected chi connectivity index (χ1v) is 3.89. The van der Waals surface area contributed by atoms with Gasteiger partial charge in [0.15, 0.2) is 0 Å². The van der Waals surface area contributed by atoms with Crippen molar-refractivity contribution in [2.45, 2.75) is 25.8 Å². The van der Waals surface area contributed by atoms with Crippen LogP contribution in [0.15, 0.2) is 12.4 Å². The number of hydrogen-bond acceptors (Lipinski definition) is 2. The highest BCUT2D eigenvalue weighted by atomic mass is 15.0. The van der Waals surface area contributed by atoms with Gasteiger partial charge in [-0.15, -0.1) is 0 Å². The number of aromatic nitrogens is 2. The van der Waals surface area contributed by atoms with Crippen LogP contribution in [0, 0.1) is 5.41 Å². The maximum Gasteiger partial charge on any atom is 0.111 e. The maximum atomic E-state index is 5.88. The minimum absolute atomic E-state index is 0.234. The van der Waals surface area contributed by atoms with Crippen LogP contribution in [0.1, 0.15) is 25.6 Å². The number of H-pyrrole nitrogens is 1. The van der Waals surface area contributed by atoms with E-state index >= 15 is 0 Å². The first-order chi connectivity index (χ1) is 5.14. The summed E-state index contributed by atoms with van der Waals surface area (Å²) in [6, 6.07) is 0.272. The van der Waals surface area contributed by atoms with E-state index in [0.29, 0.717) is 5.92 Å². The van der Waals surface area contributed by atoms with Crippen LogP contribution in [0.25, 0.3) is 0 Å². The van der Waals surface area contributed by atoms with Crippen LogP contribution >= 0.6 is 0 Å². The van der Waals surface area contributed by atoms with Crippen molar-refractivity contribution in [2.24, 2.45) is 11.1 Å². The summed E-state index contributed by atoms with van der Waals surface area (Å²) in [7, 11) is 0. The molecule has 1 aliphatic rings. The van der Waals surface area contributed by atoms with Crippen LogP contribution in [-0.2, 0) is 0 Å². The Hall–Kier alpha value is -0.830. The van der Waals surface area contributed by atoms with Crippen molar-refractivity contribution in [1.82, 2.24) is 9.97 Å². The van der Waals surface area contributed by atoms with Crippen LogP contribution in [0.5, 0.6) is 0 Å². The van der Waals surface area contributed by atoms with Gasteiger partial charge in [-0.05, 0) is 5.41 Å². The van der Waals surface area contributed by atoms with Gasteiger partial charge in [-0.25, -0.2) is 4.98 Å². The van der Waals surface area contributed by atoms with Crippen LogP contribution in [0.4, 0.5) is 0 Å². The molecule has 2 rings (SSSR count). The fraction of sp³-hybridized carbons (Fsp3) is 0.625. The lowest BCUT2D eigenvalue weighted by Crippen LogP contribution is -2.06. The molecule has 0 aromatic carbocycles. The van der Waals surface area contributed by atoms with Gasteiger partial charge in [0.25, 0.3) is 0 Å². The molecule has 0 amide bonds. The summed E-state index contributed by atoms with van der Waals surface area (Å²) in [5.41, 5.74) is 6.11. The Bertz CT molecular complexity index is 250. The van der Waals surface area contributed by atoms with E-state index in [9.17, 15) is 0 Å². The molecule has 0 aliphatic heterocycles. The Morgan fingerprint density at radius 1 is 1.64 bits per heavy atom. The number of hydrogen-bond donors (Lipinski definition) is 2. The maximum absolute atomic E-state index is 5.88. The molecule has 2 atom stereocenters. The molecular formula is C8H13N3. The molecule has 11 heavy (non-hydrogen) atoms. The third-order valence-electron chi connectivity index (χ3n) is 2.72. The van der Waals surface area contributed by atoms with Crippen molar-refractivity contribution in [3.8, 4) is 0 Å². The molecule has 1 heterocycles. The van der Waals surface area contributed by atoms with E-state index in [2.05, 4.69) is 23.8 Å². The summed E-state index contributed by atoms with van der Waals surface area (Å²) >= 11 is 0. The Balaban J connectivity index is 2.23. The standard InChI is InChI=1S/C8H13N3/c1-8(2)5(6(8)9)7-10-3-4-11-7/h3-6H,9H2,1-2H3,(H,10,11). The van der Waals surface area contributed by atoms with E-state index in [-0.39, 0.29) is 11.5 Å². The third kappa shape index (κ3) is 0.807. The zero-order chi connectivity index (χ0) is 8.06. The summed E-state index contributed by atoms with van der Waals surface area (Å²) in [5, 5.41) is 0. The van der Waals surface area contributed by atoms with E-state index in [1.165, 1.54) is 0 Å². The average molecular weight is 151 g/mol. The van der Waals surface area contributed by atoms with Crippen molar-refractivity contribution in [3.63, 3.8) is 0 Å². The van der Waals surface area contributed by atoms with Crippen LogP contribution in [-0.4, -0.2) is 16.0 Å². The second-order valence-corrected chi connectivity index (χ2v) is 3.80. The number of aromatic amines is 1.